The average molecular weight is 292 g/mol. The number of nitrogens with one attached hydrogen (secondary N) is 2. The van der Waals surface area contributed by atoms with Crippen LogP contribution in [0.2, 0.25) is 0 Å². The molecule has 1 aromatic carbocycles. The highest BCUT2D eigenvalue weighted by molar-refractivity contribution is 7.80. The van der Waals surface area contributed by atoms with Gasteiger partial charge in [-0.3, -0.25) is 0 Å². The molecule has 1 aromatic rings. The fourth-order valence-corrected chi connectivity index (χ4v) is 1.93. The molecule has 3 heteroatoms. The quantitative estimate of drug-likeness (QED) is 0.772. The summed E-state index contributed by atoms with van der Waals surface area (Å²) < 4.78 is 0. The van der Waals surface area contributed by atoms with Gasteiger partial charge in [-0.05, 0) is 47.7 Å². The number of hydrogen-bond donors (Lipinski definition) is 2. The standard InChI is InChI=1S/C17H28N2S/c1-12(16(2,3)4)18-15(20)19-14-10-8-13(9-11-14)17(5,6)7/h8-12H,1-7H3,(H2,18,19,20). The van der Waals surface area contributed by atoms with Gasteiger partial charge in [0.25, 0.3) is 0 Å². The maximum absolute atomic E-state index is 5.37. The first-order chi connectivity index (χ1) is 9.00. The summed E-state index contributed by atoms with van der Waals surface area (Å²) in [5.74, 6) is 0. The molecule has 1 atom stereocenters. The normalized spacial score (nSPS) is 13.8. The van der Waals surface area contributed by atoms with Crippen LogP contribution in [0.4, 0.5) is 5.69 Å². The summed E-state index contributed by atoms with van der Waals surface area (Å²) in [4.78, 5) is 0. The van der Waals surface area contributed by atoms with Crippen molar-refractivity contribution in [2.75, 3.05) is 5.32 Å². The minimum absolute atomic E-state index is 0.179. The van der Waals surface area contributed by atoms with E-state index < -0.39 is 0 Å². The lowest BCUT2D eigenvalue weighted by molar-refractivity contribution is 0.317. The molecule has 2 nitrogen and oxygen atoms in total. The third-order valence-electron chi connectivity index (χ3n) is 3.66. The molecular formula is C17H28N2S. The Labute approximate surface area is 129 Å². The molecule has 20 heavy (non-hydrogen) atoms. The van der Waals surface area contributed by atoms with Gasteiger partial charge < -0.3 is 10.6 Å². The minimum Gasteiger partial charge on any atom is -0.359 e. The highest BCUT2D eigenvalue weighted by Gasteiger charge is 2.20. The van der Waals surface area contributed by atoms with Crippen molar-refractivity contribution in [2.24, 2.45) is 5.41 Å². The topological polar surface area (TPSA) is 24.1 Å². The van der Waals surface area contributed by atoms with Crippen molar-refractivity contribution < 1.29 is 0 Å². The van der Waals surface area contributed by atoms with E-state index in [1.165, 1.54) is 5.56 Å². The SMILES string of the molecule is CC(NC(=S)Nc1ccc(C(C)(C)C)cc1)C(C)(C)C. The van der Waals surface area contributed by atoms with Crippen LogP contribution in [0.15, 0.2) is 24.3 Å². The molecule has 0 aliphatic rings. The molecule has 0 radical (unpaired) electrons. The number of anilines is 1. The molecule has 112 valence electrons. The Hall–Kier alpha value is -1.09. The lowest BCUT2D eigenvalue weighted by atomic mass is 9.87. The second-order valence-corrected chi connectivity index (χ2v) is 7.92. The van der Waals surface area contributed by atoms with E-state index in [1.54, 1.807) is 0 Å². The second-order valence-electron chi connectivity index (χ2n) is 7.51. The molecule has 0 aliphatic carbocycles. The van der Waals surface area contributed by atoms with Crippen LogP contribution in [0.25, 0.3) is 0 Å². The van der Waals surface area contributed by atoms with Crippen LogP contribution in [0.3, 0.4) is 0 Å². The van der Waals surface area contributed by atoms with Crippen molar-refractivity contribution in [1.82, 2.24) is 5.32 Å². The second kappa shape index (κ2) is 6.13. The van der Waals surface area contributed by atoms with Crippen LogP contribution in [-0.4, -0.2) is 11.2 Å². The third-order valence-corrected chi connectivity index (χ3v) is 3.88. The number of rotatable bonds is 2. The summed E-state index contributed by atoms with van der Waals surface area (Å²) in [6.07, 6.45) is 0. The van der Waals surface area contributed by atoms with E-state index in [-0.39, 0.29) is 10.8 Å². The Morgan fingerprint density at radius 2 is 1.50 bits per heavy atom. The van der Waals surface area contributed by atoms with Crippen LogP contribution in [0, 0.1) is 5.41 Å². The monoisotopic (exact) mass is 292 g/mol. The first-order valence-corrected chi connectivity index (χ1v) is 7.59. The maximum Gasteiger partial charge on any atom is 0.171 e. The highest BCUT2D eigenvalue weighted by Crippen LogP contribution is 2.23. The molecule has 0 saturated heterocycles. The number of hydrogen-bond acceptors (Lipinski definition) is 1. The van der Waals surface area contributed by atoms with Crippen molar-refractivity contribution in [3.05, 3.63) is 29.8 Å². The van der Waals surface area contributed by atoms with Gasteiger partial charge in [0.05, 0.1) is 0 Å². The molecule has 0 spiro atoms. The van der Waals surface area contributed by atoms with Gasteiger partial charge in [-0.1, -0.05) is 53.7 Å². The fraction of sp³-hybridized carbons (Fsp3) is 0.588. The van der Waals surface area contributed by atoms with E-state index in [0.717, 1.165) is 5.69 Å². The van der Waals surface area contributed by atoms with E-state index in [4.69, 9.17) is 12.2 Å². The van der Waals surface area contributed by atoms with Gasteiger partial charge >= 0.3 is 0 Å². The van der Waals surface area contributed by atoms with Gasteiger partial charge in [0.1, 0.15) is 0 Å². The van der Waals surface area contributed by atoms with Crippen LogP contribution >= 0.6 is 12.2 Å². The van der Waals surface area contributed by atoms with E-state index in [2.05, 4.69) is 83.4 Å². The van der Waals surface area contributed by atoms with Crippen molar-refractivity contribution >= 4 is 23.0 Å². The summed E-state index contributed by atoms with van der Waals surface area (Å²) in [5.41, 5.74) is 2.71. The molecule has 0 aromatic heterocycles. The minimum atomic E-state index is 0.179. The lowest BCUT2D eigenvalue weighted by Gasteiger charge is -2.29. The Kier molecular flexibility index (Phi) is 5.20. The molecule has 0 heterocycles. The molecule has 0 fully saturated rings. The fourth-order valence-electron chi connectivity index (χ4n) is 1.63. The zero-order valence-corrected chi connectivity index (χ0v) is 14.6. The Morgan fingerprint density at radius 3 is 1.90 bits per heavy atom. The summed E-state index contributed by atoms with van der Waals surface area (Å²) in [6, 6.07) is 8.78. The van der Waals surface area contributed by atoms with Gasteiger partial charge in [0.15, 0.2) is 5.11 Å². The van der Waals surface area contributed by atoms with Crippen LogP contribution in [-0.2, 0) is 5.41 Å². The zero-order valence-electron chi connectivity index (χ0n) is 13.8. The first kappa shape index (κ1) is 17.0. The van der Waals surface area contributed by atoms with Crippen LogP contribution < -0.4 is 10.6 Å². The molecular weight excluding hydrogens is 264 g/mol. The van der Waals surface area contributed by atoms with Gasteiger partial charge in [-0.15, -0.1) is 0 Å². The Morgan fingerprint density at radius 1 is 1.00 bits per heavy atom. The summed E-state index contributed by atoms with van der Waals surface area (Å²) in [7, 11) is 0. The zero-order chi connectivity index (χ0) is 15.6. The molecule has 0 saturated carbocycles. The van der Waals surface area contributed by atoms with E-state index in [9.17, 15) is 0 Å². The largest absolute Gasteiger partial charge is 0.359 e. The van der Waals surface area contributed by atoms with Gasteiger partial charge in [-0.25, -0.2) is 0 Å². The highest BCUT2D eigenvalue weighted by atomic mass is 32.1. The number of thiocarbonyl (C=S) groups is 1. The molecule has 0 aliphatic heterocycles. The number of benzene rings is 1. The van der Waals surface area contributed by atoms with Crippen molar-refractivity contribution in [2.45, 2.75) is 59.9 Å². The van der Waals surface area contributed by atoms with E-state index in [0.29, 0.717) is 11.2 Å². The van der Waals surface area contributed by atoms with E-state index >= 15 is 0 Å². The lowest BCUT2D eigenvalue weighted by Crippen LogP contribution is -2.43. The summed E-state index contributed by atoms with van der Waals surface area (Å²) in [5, 5.41) is 7.25. The van der Waals surface area contributed by atoms with Gasteiger partial charge in [-0.2, -0.15) is 0 Å². The average Bonchev–Trinajstić information content (AvgIpc) is 2.26. The molecule has 2 N–H and O–H groups in total. The van der Waals surface area contributed by atoms with Crippen molar-refractivity contribution in [3.8, 4) is 0 Å². The molecule has 0 bridgehead atoms. The van der Waals surface area contributed by atoms with Crippen LogP contribution in [0.1, 0.15) is 54.0 Å². The predicted octanol–water partition coefficient (Wildman–Crippen LogP) is 4.71. The van der Waals surface area contributed by atoms with Crippen molar-refractivity contribution in [3.63, 3.8) is 0 Å². The Balaban J connectivity index is 2.64. The summed E-state index contributed by atoms with van der Waals surface area (Å²) >= 11 is 5.37. The van der Waals surface area contributed by atoms with Crippen molar-refractivity contribution in [1.29, 1.82) is 0 Å². The summed E-state index contributed by atoms with van der Waals surface area (Å²) in [6.45, 7) is 15.4. The van der Waals surface area contributed by atoms with Gasteiger partial charge in [0.2, 0.25) is 0 Å². The maximum atomic E-state index is 5.37. The van der Waals surface area contributed by atoms with Gasteiger partial charge in [0, 0.05) is 11.7 Å². The Bertz CT molecular complexity index is 449. The third kappa shape index (κ3) is 5.12. The smallest absolute Gasteiger partial charge is 0.171 e. The van der Waals surface area contributed by atoms with Crippen LogP contribution in [0.5, 0.6) is 0 Å². The molecule has 0 amide bonds. The first-order valence-electron chi connectivity index (χ1n) is 7.18. The predicted molar refractivity (Wildman–Crippen MR) is 93.4 cm³/mol. The van der Waals surface area contributed by atoms with E-state index in [1.807, 2.05) is 0 Å². The molecule has 1 rings (SSSR count). The molecule has 1 unspecified atom stereocenters.